The summed E-state index contributed by atoms with van der Waals surface area (Å²) in [6, 6.07) is 6.28. The molecule has 0 spiro atoms. The van der Waals surface area contributed by atoms with Gasteiger partial charge in [0, 0.05) is 10.6 Å². The second-order valence-electron chi connectivity index (χ2n) is 3.70. The van der Waals surface area contributed by atoms with E-state index in [4.69, 9.17) is 11.6 Å². The van der Waals surface area contributed by atoms with Gasteiger partial charge in [0.2, 0.25) is 0 Å². The van der Waals surface area contributed by atoms with Gasteiger partial charge in [-0.15, -0.1) is 6.58 Å². The molecule has 4 nitrogen and oxygen atoms in total. The summed E-state index contributed by atoms with van der Waals surface area (Å²) in [4.78, 5) is 10.9. The normalized spacial score (nSPS) is 10.3. The molecule has 0 unspecified atom stereocenters. The van der Waals surface area contributed by atoms with Gasteiger partial charge in [0.25, 0.3) is 0 Å². The van der Waals surface area contributed by atoms with Gasteiger partial charge in [-0.05, 0) is 24.3 Å². The predicted octanol–water partition coefficient (Wildman–Crippen LogP) is 2.91. The van der Waals surface area contributed by atoms with Crippen LogP contribution >= 0.6 is 11.6 Å². The zero-order valence-corrected chi connectivity index (χ0v) is 10.3. The fourth-order valence-corrected chi connectivity index (χ4v) is 1.81. The maximum Gasteiger partial charge on any atom is 0.168 e. The van der Waals surface area contributed by atoms with Gasteiger partial charge < -0.3 is 5.11 Å². The Morgan fingerprint density at radius 1 is 1.44 bits per heavy atom. The summed E-state index contributed by atoms with van der Waals surface area (Å²) in [5.41, 5.74) is 1.41. The van der Waals surface area contributed by atoms with E-state index in [0.29, 0.717) is 34.8 Å². The first kappa shape index (κ1) is 12.4. The van der Waals surface area contributed by atoms with Crippen molar-refractivity contribution in [3.8, 4) is 17.0 Å². The lowest BCUT2D eigenvalue weighted by molar-refractivity contribution is 0.111. The number of aromatic hydroxyl groups is 1. The molecular weight excluding hydrogens is 252 g/mol. The number of hydrogen-bond donors (Lipinski definition) is 1. The second kappa shape index (κ2) is 5.06. The smallest absolute Gasteiger partial charge is 0.168 e. The Hall–Kier alpha value is -2.07. The van der Waals surface area contributed by atoms with Crippen LogP contribution in [0.25, 0.3) is 11.3 Å². The fourth-order valence-electron chi connectivity index (χ4n) is 1.64. The molecular formula is C13H11ClN2O2. The number of halogens is 1. The maximum absolute atomic E-state index is 10.9. The number of phenols is 1. The van der Waals surface area contributed by atoms with Crippen LogP contribution in [0.15, 0.2) is 36.9 Å². The van der Waals surface area contributed by atoms with E-state index in [2.05, 4.69) is 11.7 Å². The highest BCUT2D eigenvalue weighted by Gasteiger charge is 2.12. The molecule has 0 amide bonds. The van der Waals surface area contributed by atoms with Crippen molar-refractivity contribution in [1.29, 1.82) is 0 Å². The van der Waals surface area contributed by atoms with Crippen LogP contribution in [0.5, 0.6) is 5.75 Å². The first-order valence-corrected chi connectivity index (χ1v) is 5.66. The average Bonchev–Trinajstić information content (AvgIpc) is 2.76. The second-order valence-corrected chi connectivity index (χ2v) is 4.14. The monoisotopic (exact) mass is 262 g/mol. The lowest BCUT2D eigenvalue weighted by Gasteiger charge is -2.01. The lowest BCUT2D eigenvalue weighted by Crippen LogP contribution is -2.01. The number of rotatable bonds is 4. The van der Waals surface area contributed by atoms with Crippen molar-refractivity contribution in [2.24, 2.45) is 0 Å². The summed E-state index contributed by atoms with van der Waals surface area (Å²) in [6.07, 6.45) is 2.35. The van der Waals surface area contributed by atoms with Crippen LogP contribution in [0, 0.1) is 0 Å². The molecule has 18 heavy (non-hydrogen) atoms. The van der Waals surface area contributed by atoms with Gasteiger partial charge >= 0.3 is 0 Å². The third-order valence-corrected chi connectivity index (χ3v) is 2.70. The summed E-state index contributed by atoms with van der Waals surface area (Å²) >= 11 is 5.88. The fraction of sp³-hybridized carbons (Fsp3) is 0.0769. The Morgan fingerprint density at radius 3 is 2.89 bits per heavy atom. The third kappa shape index (κ3) is 2.28. The maximum atomic E-state index is 10.9. The summed E-state index contributed by atoms with van der Waals surface area (Å²) in [7, 11) is 0. The Balaban J connectivity index is 2.53. The first-order valence-electron chi connectivity index (χ1n) is 5.28. The number of allylic oxidation sites excluding steroid dienone is 1. The summed E-state index contributed by atoms with van der Waals surface area (Å²) in [5, 5.41) is 14.5. The average molecular weight is 263 g/mol. The highest BCUT2D eigenvalue weighted by atomic mass is 35.5. The molecule has 5 heteroatoms. The van der Waals surface area contributed by atoms with E-state index < -0.39 is 0 Å². The number of carbonyl (C=O) groups is 1. The minimum Gasteiger partial charge on any atom is -0.507 e. The van der Waals surface area contributed by atoms with Crippen molar-refractivity contribution < 1.29 is 9.90 Å². The lowest BCUT2D eigenvalue weighted by atomic mass is 10.1. The molecule has 0 aliphatic rings. The van der Waals surface area contributed by atoms with Crippen LogP contribution in [0.1, 0.15) is 10.5 Å². The van der Waals surface area contributed by atoms with Crippen LogP contribution < -0.4 is 0 Å². The number of phenolic OH excluding ortho intramolecular Hbond substituents is 1. The third-order valence-electron chi connectivity index (χ3n) is 2.47. The van der Waals surface area contributed by atoms with Gasteiger partial charge in [0.15, 0.2) is 6.29 Å². The highest BCUT2D eigenvalue weighted by Crippen LogP contribution is 2.31. The molecule has 0 fully saturated rings. The number of benzene rings is 1. The molecule has 2 aromatic rings. The van der Waals surface area contributed by atoms with Crippen LogP contribution in [0.2, 0.25) is 5.02 Å². The number of carbonyl (C=O) groups excluding carboxylic acids is 1. The largest absolute Gasteiger partial charge is 0.507 e. The summed E-state index contributed by atoms with van der Waals surface area (Å²) in [5.74, 6) is 0.0695. The SMILES string of the molecule is C=CCn1nc(-c2cc(Cl)ccc2O)cc1C=O. The van der Waals surface area contributed by atoms with E-state index in [9.17, 15) is 9.90 Å². The molecule has 0 aliphatic heterocycles. The van der Waals surface area contributed by atoms with E-state index in [1.807, 2.05) is 0 Å². The van der Waals surface area contributed by atoms with Crippen molar-refractivity contribution in [2.75, 3.05) is 0 Å². The number of aldehydes is 1. The topological polar surface area (TPSA) is 55.1 Å². The summed E-state index contributed by atoms with van der Waals surface area (Å²) in [6.45, 7) is 4.02. The van der Waals surface area contributed by atoms with Crippen LogP contribution in [0.4, 0.5) is 0 Å². The molecule has 0 saturated carbocycles. The van der Waals surface area contributed by atoms with Gasteiger partial charge in [-0.25, -0.2) is 0 Å². The molecule has 92 valence electrons. The molecule has 0 aliphatic carbocycles. The zero-order chi connectivity index (χ0) is 13.1. The molecule has 1 N–H and O–H groups in total. The summed E-state index contributed by atoms with van der Waals surface area (Å²) < 4.78 is 1.51. The molecule has 1 aromatic carbocycles. The van der Waals surface area contributed by atoms with Crippen molar-refractivity contribution in [3.63, 3.8) is 0 Å². The van der Waals surface area contributed by atoms with E-state index in [1.165, 1.54) is 10.7 Å². The van der Waals surface area contributed by atoms with E-state index in [-0.39, 0.29) is 5.75 Å². The molecule has 0 atom stereocenters. The van der Waals surface area contributed by atoms with Gasteiger partial charge in [0.1, 0.15) is 11.4 Å². The Bertz CT molecular complexity index is 605. The zero-order valence-electron chi connectivity index (χ0n) is 9.51. The molecule has 0 bridgehead atoms. The molecule has 0 saturated heterocycles. The van der Waals surface area contributed by atoms with Gasteiger partial charge in [-0.2, -0.15) is 5.10 Å². The van der Waals surface area contributed by atoms with Gasteiger partial charge in [-0.3, -0.25) is 9.48 Å². The Kier molecular flexibility index (Phi) is 3.48. The molecule has 0 radical (unpaired) electrons. The minimum atomic E-state index is 0.0695. The Labute approximate surface area is 109 Å². The van der Waals surface area contributed by atoms with Crippen molar-refractivity contribution >= 4 is 17.9 Å². The number of nitrogens with zero attached hydrogens (tertiary/aromatic N) is 2. The quantitative estimate of drug-likeness (QED) is 0.681. The van der Waals surface area contributed by atoms with Crippen LogP contribution in [0.3, 0.4) is 0 Å². The number of aromatic nitrogens is 2. The van der Waals surface area contributed by atoms with Crippen LogP contribution in [-0.4, -0.2) is 21.2 Å². The van der Waals surface area contributed by atoms with Crippen LogP contribution in [-0.2, 0) is 6.54 Å². The predicted molar refractivity (Wildman–Crippen MR) is 69.9 cm³/mol. The van der Waals surface area contributed by atoms with Gasteiger partial charge in [0.05, 0.1) is 12.2 Å². The van der Waals surface area contributed by atoms with Crippen molar-refractivity contribution in [1.82, 2.24) is 9.78 Å². The van der Waals surface area contributed by atoms with Crippen molar-refractivity contribution in [2.45, 2.75) is 6.54 Å². The van der Waals surface area contributed by atoms with E-state index in [1.54, 1.807) is 24.3 Å². The molecule has 1 aromatic heterocycles. The Morgan fingerprint density at radius 2 is 2.22 bits per heavy atom. The van der Waals surface area contributed by atoms with Gasteiger partial charge in [-0.1, -0.05) is 17.7 Å². The molecule has 1 heterocycles. The minimum absolute atomic E-state index is 0.0695. The number of hydrogen-bond acceptors (Lipinski definition) is 3. The van der Waals surface area contributed by atoms with Crippen molar-refractivity contribution in [3.05, 3.63) is 47.6 Å². The molecule has 2 rings (SSSR count). The standard InChI is InChI=1S/C13H11ClN2O2/c1-2-5-16-10(8-17)7-12(15-16)11-6-9(14)3-4-13(11)18/h2-4,6-8,18H,1,5H2. The first-order chi connectivity index (χ1) is 8.65. The van der Waals surface area contributed by atoms with E-state index >= 15 is 0 Å². The van der Waals surface area contributed by atoms with E-state index in [0.717, 1.165) is 0 Å². The highest BCUT2D eigenvalue weighted by molar-refractivity contribution is 6.30.